The first-order chi connectivity index (χ1) is 17.6. The summed E-state index contributed by atoms with van der Waals surface area (Å²) in [7, 11) is 0. The lowest BCUT2D eigenvalue weighted by Gasteiger charge is -2.26. The van der Waals surface area contributed by atoms with Gasteiger partial charge in [0, 0.05) is 15.7 Å². The first-order valence-corrected chi connectivity index (χ1v) is 11.9. The van der Waals surface area contributed by atoms with Crippen molar-refractivity contribution in [3.05, 3.63) is 93.2 Å². The van der Waals surface area contributed by atoms with Gasteiger partial charge < -0.3 is 10.1 Å². The van der Waals surface area contributed by atoms with Gasteiger partial charge in [-0.3, -0.25) is 19.7 Å². The van der Waals surface area contributed by atoms with Gasteiger partial charge in [0.25, 0.3) is 17.7 Å². The zero-order chi connectivity index (χ0) is 26.7. The van der Waals surface area contributed by atoms with Gasteiger partial charge in [0.1, 0.15) is 17.1 Å². The molecule has 0 spiro atoms. The number of nitrogens with zero attached hydrogens (tertiary/aromatic N) is 1. The summed E-state index contributed by atoms with van der Waals surface area (Å²) in [5, 5.41) is 4.87. The smallest absolute Gasteiger partial charge is 0.335 e. The monoisotopic (exact) mass is 565 g/mol. The molecule has 8 nitrogen and oxygen atoms in total. The molecule has 0 aromatic heterocycles. The van der Waals surface area contributed by atoms with Crippen LogP contribution in [0.25, 0.3) is 6.08 Å². The van der Waals surface area contributed by atoms with Crippen molar-refractivity contribution in [2.75, 3.05) is 16.8 Å². The van der Waals surface area contributed by atoms with Crippen molar-refractivity contribution in [2.45, 2.75) is 13.8 Å². The highest BCUT2D eigenvalue weighted by molar-refractivity contribution is 9.10. The lowest BCUT2D eigenvalue weighted by Crippen LogP contribution is -2.54. The normalized spacial score (nSPS) is 14.5. The van der Waals surface area contributed by atoms with Crippen LogP contribution < -0.4 is 20.3 Å². The zero-order valence-corrected chi connectivity index (χ0v) is 21.4. The fraction of sp³-hybridized carbons (Fsp3) is 0.111. The molecule has 0 radical (unpaired) electrons. The van der Waals surface area contributed by atoms with E-state index >= 15 is 0 Å². The Bertz CT molecular complexity index is 1450. The minimum atomic E-state index is -0.951. The van der Waals surface area contributed by atoms with Crippen LogP contribution in [0.5, 0.6) is 5.75 Å². The molecule has 0 aliphatic carbocycles. The van der Waals surface area contributed by atoms with E-state index in [1.165, 1.54) is 18.2 Å². The molecule has 4 rings (SSSR count). The highest BCUT2D eigenvalue weighted by Gasteiger charge is 2.37. The number of ether oxygens (including phenoxy) is 1. The Morgan fingerprint density at radius 3 is 2.46 bits per heavy atom. The molecule has 10 heteroatoms. The lowest BCUT2D eigenvalue weighted by atomic mass is 10.1. The number of urea groups is 1. The molecule has 1 aliphatic rings. The third kappa shape index (κ3) is 5.92. The highest BCUT2D eigenvalue weighted by Crippen LogP contribution is 2.28. The molecule has 0 atom stereocenters. The Labute approximate surface area is 220 Å². The molecular weight excluding hydrogens is 545 g/mol. The van der Waals surface area contributed by atoms with Crippen LogP contribution in [0.2, 0.25) is 0 Å². The van der Waals surface area contributed by atoms with Crippen LogP contribution in [0, 0.1) is 19.7 Å². The van der Waals surface area contributed by atoms with Crippen LogP contribution in [0.3, 0.4) is 0 Å². The summed E-state index contributed by atoms with van der Waals surface area (Å²) in [6.45, 7) is 3.58. The van der Waals surface area contributed by atoms with Gasteiger partial charge in [0.15, 0.2) is 6.61 Å². The number of amides is 5. The molecule has 0 saturated carbocycles. The number of benzene rings is 3. The van der Waals surface area contributed by atoms with Crippen molar-refractivity contribution in [1.29, 1.82) is 0 Å². The van der Waals surface area contributed by atoms with Crippen LogP contribution in [-0.4, -0.2) is 30.4 Å². The second kappa shape index (κ2) is 10.8. The van der Waals surface area contributed by atoms with Gasteiger partial charge in [-0.15, -0.1) is 0 Å². The van der Waals surface area contributed by atoms with E-state index in [4.69, 9.17) is 4.74 Å². The van der Waals surface area contributed by atoms with Gasteiger partial charge in [0.05, 0.1) is 5.69 Å². The van der Waals surface area contributed by atoms with Crippen LogP contribution in [-0.2, 0) is 14.4 Å². The van der Waals surface area contributed by atoms with Gasteiger partial charge >= 0.3 is 6.03 Å². The number of nitrogens with one attached hydrogen (secondary N) is 2. The summed E-state index contributed by atoms with van der Waals surface area (Å²) in [5.41, 5.74) is 2.83. The molecule has 3 aromatic rings. The first-order valence-electron chi connectivity index (χ1n) is 11.1. The van der Waals surface area contributed by atoms with E-state index in [2.05, 4.69) is 26.6 Å². The predicted octanol–water partition coefficient (Wildman–Crippen LogP) is 4.89. The second-order valence-corrected chi connectivity index (χ2v) is 9.17. The Hall–Kier alpha value is -4.31. The van der Waals surface area contributed by atoms with Gasteiger partial charge in [-0.05, 0) is 85.6 Å². The number of aryl methyl sites for hydroxylation is 2. The summed E-state index contributed by atoms with van der Waals surface area (Å²) < 4.78 is 19.6. The zero-order valence-electron chi connectivity index (χ0n) is 19.8. The van der Waals surface area contributed by atoms with Crippen molar-refractivity contribution < 1.29 is 28.3 Å². The summed E-state index contributed by atoms with van der Waals surface area (Å²) in [6.07, 6.45) is 1.27. The van der Waals surface area contributed by atoms with Gasteiger partial charge in [-0.2, -0.15) is 0 Å². The van der Waals surface area contributed by atoms with Crippen LogP contribution in [0.1, 0.15) is 16.7 Å². The Kier molecular flexibility index (Phi) is 7.49. The van der Waals surface area contributed by atoms with E-state index in [-0.39, 0.29) is 23.6 Å². The molecule has 5 amide bonds. The summed E-state index contributed by atoms with van der Waals surface area (Å²) >= 11 is 3.34. The average molecular weight is 566 g/mol. The molecule has 2 N–H and O–H groups in total. The summed E-state index contributed by atoms with van der Waals surface area (Å²) in [4.78, 5) is 51.2. The van der Waals surface area contributed by atoms with Crippen LogP contribution >= 0.6 is 15.9 Å². The van der Waals surface area contributed by atoms with E-state index in [9.17, 15) is 23.6 Å². The number of imide groups is 2. The van der Waals surface area contributed by atoms with Crippen molar-refractivity contribution in [2.24, 2.45) is 0 Å². The first kappa shape index (κ1) is 25.8. The lowest BCUT2D eigenvalue weighted by molar-refractivity contribution is -0.122. The molecule has 188 valence electrons. The molecular formula is C27H21BrFN3O5. The minimum Gasteiger partial charge on any atom is -0.483 e. The number of halogens is 2. The molecule has 1 heterocycles. The van der Waals surface area contributed by atoms with Crippen molar-refractivity contribution >= 4 is 57.1 Å². The third-order valence-electron chi connectivity index (χ3n) is 5.61. The quantitative estimate of drug-likeness (QED) is 0.327. The number of carbonyl (C=O) groups is 4. The summed E-state index contributed by atoms with van der Waals surface area (Å²) in [5.74, 6) is -2.50. The summed E-state index contributed by atoms with van der Waals surface area (Å²) in [6, 6.07) is 14.1. The molecule has 3 aromatic carbocycles. The number of carbonyl (C=O) groups excluding carboxylic acids is 4. The Morgan fingerprint density at radius 1 is 1.03 bits per heavy atom. The second-order valence-electron chi connectivity index (χ2n) is 8.25. The Balaban J connectivity index is 1.57. The molecule has 1 aliphatic heterocycles. The molecule has 1 saturated heterocycles. The average Bonchev–Trinajstić information content (AvgIpc) is 2.84. The molecule has 1 fully saturated rings. The van der Waals surface area contributed by atoms with Gasteiger partial charge in [-0.1, -0.05) is 22.0 Å². The number of anilines is 2. The topological polar surface area (TPSA) is 105 Å². The largest absolute Gasteiger partial charge is 0.483 e. The predicted molar refractivity (Wildman–Crippen MR) is 140 cm³/mol. The SMILES string of the molecule is Cc1ccc(NC(=O)COc2ccc(Br)cc2/C=C2\C(=O)NC(=O)N(c3ccc(F)cc3)C2=O)cc1C. The van der Waals surface area contributed by atoms with Crippen LogP contribution in [0.4, 0.5) is 20.6 Å². The number of rotatable bonds is 6. The minimum absolute atomic E-state index is 0.0935. The molecule has 0 bridgehead atoms. The standard InChI is InChI=1S/C27H21BrFN3O5/c1-15-3-7-20(11-16(15)2)30-24(33)14-37-23-10-4-18(28)12-17(23)13-22-25(34)31-27(36)32(26(22)35)21-8-5-19(29)6-9-21/h3-13H,14H2,1-2H3,(H,30,33)(H,31,34,36)/b22-13+. The maximum Gasteiger partial charge on any atom is 0.335 e. The van der Waals surface area contributed by atoms with E-state index in [0.29, 0.717) is 15.7 Å². The maximum absolute atomic E-state index is 13.3. The van der Waals surface area contributed by atoms with Crippen molar-refractivity contribution in [1.82, 2.24) is 5.32 Å². The van der Waals surface area contributed by atoms with Crippen molar-refractivity contribution in [3.63, 3.8) is 0 Å². The van der Waals surface area contributed by atoms with Crippen molar-refractivity contribution in [3.8, 4) is 5.75 Å². The fourth-order valence-corrected chi connectivity index (χ4v) is 3.94. The number of barbiturate groups is 1. The fourth-order valence-electron chi connectivity index (χ4n) is 3.56. The highest BCUT2D eigenvalue weighted by atomic mass is 79.9. The van der Waals surface area contributed by atoms with Gasteiger partial charge in [0.2, 0.25) is 0 Å². The van der Waals surface area contributed by atoms with E-state index in [0.717, 1.165) is 28.2 Å². The maximum atomic E-state index is 13.3. The van der Waals surface area contributed by atoms with Gasteiger partial charge in [-0.25, -0.2) is 14.1 Å². The molecule has 0 unspecified atom stereocenters. The van der Waals surface area contributed by atoms with E-state index in [1.807, 2.05) is 26.0 Å². The molecule has 37 heavy (non-hydrogen) atoms. The third-order valence-corrected chi connectivity index (χ3v) is 6.10. The van der Waals surface area contributed by atoms with E-state index < -0.39 is 29.6 Å². The number of hydrogen-bond acceptors (Lipinski definition) is 5. The number of hydrogen-bond donors (Lipinski definition) is 2. The van der Waals surface area contributed by atoms with Crippen LogP contribution in [0.15, 0.2) is 70.7 Å². The van der Waals surface area contributed by atoms with E-state index in [1.54, 1.807) is 24.3 Å². The Morgan fingerprint density at radius 2 is 1.76 bits per heavy atom.